The molecule has 0 bridgehead atoms. The van der Waals surface area contributed by atoms with Crippen LogP contribution in [0.4, 0.5) is 17.1 Å². The topological polar surface area (TPSA) is 3.24 Å². The summed E-state index contributed by atoms with van der Waals surface area (Å²) in [4.78, 5) is 2.37. The first-order chi connectivity index (χ1) is 24.6. The summed E-state index contributed by atoms with van der Waals surface area (Å²) in [7, 11) is 0. The Morgan fingerprint density at radius 3 is 1.42 bits per heavy atom. The molecule has 0 heterocycles. The van der Waals surface area contributed by atoms with Gasteiger partial charge < -0.3 is 4.90 Å². The second-order valence-electron chi connectivity index (χ2n) is 14.1. The number of hydrogen-bond donors (Lipinski definition) is 0. The summed E-state index contributed by atoms with van der Waals surface area (Å²) in [5.41, 5.74) is 19.6. The van der Waals surface area contributed by atoms with Gasteiger partial charge in [0.1, 0.15) is 0 Å². The monoisotopic (exact) mass is 641 g/mol. The van der Waals surface area contributed by atoms with E-state index in [0.717, 1.165) is 29.9 Å². The molecule has 0 aromatic heterocycles. The highest BCUT2D eigenvalue weighted by molar-refractivity contribution is 5.97. The molecular weight excluding hydrogens is 603 g/mol. The maximum absolute atomic E-state index is 2.41. The number of anilines is 3. The van der Waals surface area contributed by atoms with Crippen LogP contribution in [0.25, 0.3) is 39.0 Å². The van der Waals surface area contributed by atoms with Gasteiger partial charge in [-0.25, -0.2) is 0 Å². The van der Waals surface area contributed by atoms with Gasteiger partial charge in [-0.05, 0) is 110 Å². The van der Waals surface area contributed by atoms with Crippen molar-refractivity contribution in [1.29, 1.82) is 0 Å². The lowest BCUT2D eigenvalue weighted by Gasteiger charge is -2.29. The van der Waals surface area contributed by atoms with E-state index in [1.807, 2.05) is 0 Å². The van der Waals surface area contributed by atoms with Crippen LogP contribution in [0.5, 0.6) is 0 Å². The summed E-state index contributed by atoms with van der Waals surface area (Å²) < 4.78 is 0. The molecule has 2 aliphatic carbocycles. The lowest BCUT2D eigenvalue weighted by atomic mass is 9.75. The first-order valence-electron chi connectivity index (χ1n) is 17.7. The lowest BCUT2D eigenvalue weighted by Crippen LogP contribution is -2.19. The second kappa shape index (κ2) is 12.2. The van der Waals surface area contributed by atoms with E-state index >= 15 is 0 Å². The molecule has 1 heteroatoms. The van der Waals surface area contributed by atoms with Crippen LogP contribution >= 0.6 is 0 Å². The molecule has 0 spiro atoms. The number of benzene rings is 7. The van der Waals surface area contributed by atoms with Crippen LogP contribution < -0.4 is 4.90 Å². The average Bonchev–Trinajstić information content (AvgIpc) is 3.42. The minimum atomic E-state index is 0.0488. The summed E-state index contributed by atoms with van der Waals surface area (Å²) >= 11 is 0. The van der Waals surface area contributed by atoms with Crippen molar-refractivity contribution in [3.05, 3.63) is 204 Å². The van der Waals surface area contributed by atoms with E-state index in [9.17, 15) is 0 Å². The zero-order chi connectivity index (χ0) is 33.7. The lowest BCUT2D eigenvalue weighted by molar-refractivity contribution is 0.604. The van der Waals surface area contributed by atoms with E-state index in [1.54, 1.807) is 5.57 Å². The highest BCUT2D eigenvalue weighted by Gasteiger charge is 2.40. The molecule has 240 valence electrons. The van der Waals surface area contributed by atoms with Crippen LogP contribution in [-0.4, -0.2) is 0 Å². The maximum Gasteiger partial charge on any atom is 0.0462 e. The number of aryl methyl sites for hydroxylation is 1. The fraction of sp³-hybridized carbons (Fsp3) is 0.102. The van der Waals surface area contributed by atoms with Crippen molar-refractivity contribution in [2.45, 2.75) is 32.1 Å². The summed E-state index contributed by atoms with van der Waals surface area (Å²) in [5, 5.41) is 0. The molecule has 1 nitrogen and oxygen atoms in total. The molecule has 0 atom stereocenters. The molecule has 50 heavy (non-hydrogen) atoms. The summed E-state index contributed by atoms with van der Waals surface area (Å²) in [6.07, 6.45) is 2.21. The number of allylic oxidation sites excluding steroid dienone is 1. The van der Waals surface area contributed by atoms with Crippen molar-refractivity contribution in [1.82, 2.24) is 0 Å². The first-order valence-corrected chi connectivity index (χ1v) is 17.7. The third kappa shape index (κ3) is 5.09. The maximum atomic E-state index is 2.41. The van der Waals surface area contributed by atoms with Crippen LogP contribution in [0.1, 0.15) is 42.5 Å². The minimum absolute atomic E-state index is 0.0488. The molecule has 0 saturated heterocycles. The Bertz CT molecular complexity index is 2260. The Morgan fingerprint density at radius 1 is 0.400 bits per heavy atom. The molecule has 0 N–H and O–H groups in total. The summed E-state index contributed by atoms with van der Waals surface area (Å²) in [6.45, 7) is 4.81. The second-order valence-corrected chi connectivity index (χ2v) is 14.1. The predicted molar refractivity (Wildman–Crippen MR) is 211 cm³/mol. The normalized spacial score (nSPS) is 14.1. The van der Waals surface area contributed by atoms with E-state index in [0.29, 0.717) is 0 Å². The SMILES string of the molecule is CC1(C)C2=C(c3ccccc31)c1c(cccc1-c1ccc(N(c3ccc(-c4ccccc4)cc3)c3ccc(-c4ccccc4)cc3)cc1)CC2. The number of hydrogen-bond acceptors (Lipinski definition) is 1. The smallest absolute Gasteiger partial charge is 0.0462 e. The molecule has 7 aromatic rings. The van der Waals surface area contributed by atoms with Gasteiger partial charge in [0.25, 0.3) is 0 Å². The first kappa shape index (κ1) is 30.2. The van der Waals surface area contributed by atoms with Gasteiger partial charge in [-0.3, -0.25) is 0 Å². The van der Waals surface area contributed by atoms with E-state index < -0.39 is 0 Å². The van der Waals surface area contributed by atoms with Crippen LogP contribution in [0.3, 0.4) is 0 Å². The summed E-state index contributed by atoms with van der Waals surface area (Å²) in [6, 6.07) is 64.2. The van der Waals surface area contributed by atoms with Crippen molar-refractivity contribution in [2.24, 2.45) is 0 Å². The zero-order valence-electron chi connectivity index (χ0n) is 28.6. The van der Waals surface area contributed by atoms with Gasteiger partial charge >= 0.3 is 0 Å². The average molecular weight is 642 g/mol. The molecule has 7 aromatic carbocycles. The standard InChI is InChI=1S/C49H39N/c1-49(2)45-19-10-9-17-44(45)48-46(49)33-26-39-16-11-18-43(47(39)48)38-24-31-42(32-25-38)50(40-27-20-36(21-28-40)34-12-5-3-6-13-34)41-29-22-37(23-30-41)35-14-7-4-8-15-35/h3-25,27-32H,26,33H2,1-2H3. The van der Waals surface area contributed by atoms with Crippen molar-refractivity contribution < 1.29 is 0 Å². The van der Waals surface area contributed by atoms with Gasteiger partial charge in [0, 0.05) is 22.5 Å². The third-order valence-corrected chi connectivity index (χ3v) is 10.9. The molecule has 0 amide bonds. The van der Waals surface area contributed by atoms with Gasteiger partial charge in [-0.15, -0.1) is 0 Å². The Hall–Kier alpha value is -5.92. The molecular formula is C49H39N. The number of rotatable bonds is 6. The van der Waals surface area contributed by atoms with Gasteiger partial charge in [-0.1, -0.05) is 159 Å². The Balaban J connectivity index is 1.12. The number of fused-ring (bicyclic) bond motifs is 4. The van der Waals surface area contributed by atoms with Crippen molar-refractivity contribution in [3.63, 3.8) is 0 Å². The molecule has 0 saturated carbocycles. The summed E-state index contributed by atoms with van der Waals surface area (Å²) in [5.74, 6) is 0. The number of nitrogens with zero attached hydrogens (tertiary/aromatic N) is 1. The van der Waals surface area contributed by atoms with E-state index in [4.69, 9.17) is 0 Å². The Labute approximate surface area is 295 Å². The van der Waals surface area contributed by atoms with Crippen molar-refractivity contribution in [3.8, 4) is 33.4 Å². The van der Waals surface area contributed by atoms with Gasteiger partial charge in [0.2, 0.25) is 0 Å². The third-order valence-electron chi connectivity index (χ3n) is 10.9. The highest BCUT2D eigenvalue weighted by atomic mass is 15.1. The predicted octanol–water partition coefficient (Wildman–Crippen LogP) is 13.2. The largest absolute Gasteiger partial charge is 0.311 e. The molecule has 0 aliphatic heterocycles. The fourth-order valence-corrected chi connectivity index (χ4v) is 8.32. The van der Waals surface area contributed by atoms with E-state index in [2.05, 4.69) is 195 Å². The van der Waals surface area contributed by atoms with E-state index in [-0.39, 0.29) is 5.41 Å². The van der Waals surface area contributed by atoms with Crippen LogP contribution in [0.2, 0.25) is 0 Å². The van der Waals surface area contributed by atoms with Crippen molar-refractivity contribution in [2.75, 3.05) is 4.90 Å². The molecule has 9 rings (SSSR count). The van der Waals surface area contributed by atoms with Gasteiger partial charge in [0.15, 0.2) is 0 Å². The molecule has 2 aliphatic rings. The Morgan fingerprint density at radius 2 is 0.860 bits per heavy atom. The molecule has 0 unspecified atom stereocenters. The quantitative estimate of drug-likeness (QED) is 0.175. The van der Waals surface area contributed by atoms with E-state index in [1.165, 1.54) is 61.2 Å². The van der Waals surface area contributed by atoms with Gasteiger partial charge in [0.05, 0.1) is 0 Å². The highest BCUT2D eigenvalue weighted by Crippen LogP contribution is 2.54. The minimum Gasteiger partial charge on any atom is -0.311 e. The van der Waals surface area contributed by atoms with Gasteiger partial charge in [-0.2, -0.15) is 0 Å². The zero-order valence-corrected chi connectivity index (χ0v) is 28.6. The van der Waals surface area contributed by atoms with Crippen molar-refractivity contribution >= 4 is 22.6 Å². The van der Waals surface area contributed by atoms with Crippen LogP contribution in [0.15, 0.2) is 181 Å². The Kier molecular flexibility index (Phi) is 7.36. The van der Waals surface area contributed by atoms with Crippen LogP contribution in [-0.2, 0) is 11.8 Å². The fourth-order valence-electron chi connectivity index (χ4n) is 8.32. The molecule has 0 fully saturated rings. The van der Waals surface area contributed by atoms with Crippen LogP contribution in [0, 0.1) is 0 Å². The molecule has 0 radical (unpaired) electrons.